The molecule has 17 heteroatoms. The van der Waals surface area contributed by atoms with E-state index in [9.17, 15) is 59.0 Å². The van der Waals surface area contributed by atoms with Gasteiger partial charge in [0.1, 0.15) is 5.82 Å². The second-order valence-electron chi connectivity index (χ2n) is 10.7. The summed E-state index contributed by atoms with van der Waals surface area (Å²) in [6, 6.07) is 3.09. The molecule has 0 radical (unpaired) electrons. The summed E-state index contributed by atoms with van der Waals surface area (Å²) in [6.07, 6.45) is -13.3. The summed E-state index contributed by atoms with van der Waals surface area (Å²) in [7, 11) is -4.67. The maximum absolute atomic E-state index is 13.8. The minimum Gasteiger partial charge on any atom is -0.396 e. The molecule has 44 heavy (non-hydrogen) atoms. The Morgan fingerprint density at radius 3 is 2.16 bits per heavy atom. The zero-order valence-corrected chi connectivity index (χ0v) is 23.8. The number of halogens is 7. The predicted octanol–water partition coefficient (Wildman–Crippen LogP) is 2.99. The number of benzene rings is 2. The van der Waals surface area contributed by atoms with Gasteiger partial charge < -0.3 is 20.4 Å². The minimum atomic E-state index is -6.17. The van der Waals surface area contributed by atoms with Crippen LogP contribution in [0.3, 0.4) is 0 Å². The van der Waals surface area contributed by atoms with Crippen LogP contribution in [0.15, 0.2) is 47.4 Å². The fourth-order valence-corrected chi connectivity index (χ4v) is 7.25. The number of hydrogen-bond acceptors (Lipinski definition) is 6. The molecule has 0 aromatic heterocycles. The highest BCUT2D eigenvalue weighted by atomic mass is 32.2. The first-order valence-corrected chi connectivity index (χ1v) is 14.7. The van der Waals surface area contributed by atoms with Crippen molar-refractivity contribution < 1.29 is 59.0 Å². The summed E-state index contributed by atoms with van der Waals surface area (Å²) in [5.41, 5.74) is -7.42. The summed E-state index contributed by atoms with van der Waals surface area (Å²) in [5.74, 6) is -2.26. The van der Waals surface area contributed by atoms with E-state index in [1.54, 1.807) is 0 Å². The average Bonchev–Trinajstić information content (AvgIpc) is 3.34. The van der Waals surface area contributed by atoms with Crippen LogP contribution in [0.4, 0.5) is 36.4 Å². The van der Waals surface area contributed by atoms with Crippen molar-refractivity contribution in [2.45, 2.75) is 61.1 Å². The number of fused-ring (bicyclic) bond motifs is 1. The van der Waals surface area contributed by atoms with E-state index in [2.05, 4.69) is 5.32 Å². The molecule has 2 aliphatic heterocycles. The zero-order valence-electron chi connectivity index (χ0n) is 23.0. The summed E-state index contributed by atoms with van der Waals surface area (Å²) in [4.78, 5) is 25.8. The third-order valence-electron chi connectivity index (χ3n) is 7.89. The molecule has 1 fully saturated rings. The number of alkyl halides is 6. The van der Waals surface area contributed by atoms with Gasteiger partial charge in [0, 0.05) is 44.5 Å². The average molecular weight is 656 g/mol. The van der Waals surface area contributed by atoms with Gasteiger partial charge in [-0.3, -0.25) is 13.9 Å². The molecule has 3 atom stereocenters. The van der Waals surface area contributed by atoms with E-state index in [1.165, 1.54) is 11.8 Å². The maximum Gasteiger partial charge on any atom is 0.430 e. The standard InChI is InChI=1S/C27H28F7N3O6S/c1-15(39)36-12-17(14-38)22(13-36)35-24(40)11-20-6-2-16-10-18(25(41,26(29,30)31)27(32,33)34)3-9-23(16)37(20)44(42,43)21-7-4-19(28)5-8-21/h3-5,7-10,17,20,22,38,41H,2,6,11-14H2,1H3,(H,35,40)/t17-,20-,22+/m0/s1. The van der Waals surface area contributed by atoms with Crippen LogP contribution in [-0.4, -0.2) is 79.5 Å². The number of rotatable bonds is 7. The van der Waals surface area contributed by atoms with Crippen LogP contribution in [0, 0.1) is 11.7 Å². The number of aryl methyl sites for hydroxylation is 1. The lowest BCUT2D eigenvalue weighted by Gasteiger charge is -2.39. The Labute approximate surface area is 247 Å². The van der Waals surface area contributed by atoms with Gasteiger partial charge in [-0.05, 0) is 48.7 Å². The first-order chi connectivity index (χ1) is 20.3. The number of nitrogens with one attached hydrogen (secondary N) is 1. The van der Waals surface area contributed by atoms with E-state index in [0.717, 1.165) is 24.3 Å². The van der Waals surface area contributed by atoms with Crippen molar-refractivity contribution >= 4 is 27.5 Å². The normalized spacial score (nSPS) is 21.3. The molecular formula is C27H28F7N3O6S. The molecule has 242 valence electrons. The molecular weight excluding hydrogens is 627 g/mol. The lowest BCUT2D eigenvalue weighted by atomic mass is 9.87. The predicted molar refractivity (Wildman–Crippen MR) is 140 cm³/mol. The molecule has 0 spiro atoms. The number of aliphatic hydroxyl groups is 2. The number of likely N-dealkylation sites (tertiary alicyclic amines) is 1. The van der Waals surface area contributed by atoms with Gasteiger partial charge in [0.25, 0.3) is 15.6 Å². The summed E-state index contributed by atoms with van der Waals surface area (Å²) >= 11 is 0. The highest BCUT2D eigenvalue weighted by Gasteiger charge is 2.71. The summed E-state index contributed by atoms with van der Waals surface area (Å²) in [6.45, 7) is 1.21. The van der Waals surface area contributed by atoms with Crippen molar-refractivity contribution in [3.05, 3.63) is 59.4 Å². The Balaban J connectivity index is 1.73. The quantitative estimate of drug-likeness (QED) is 0.394. The largest absolute Gasteiger partial charge is 0.430 e. The molecule has 0 saturated carbocycles. The van der Waals surface area contributed by atoms with Crippen LogP contribution >= 0.6 is 0 Å². The van der Waals surface area contributed by atoms with Gasteiger partial charge in [0.2, 0.25) is 11.8 Å². The number of carbonyl (C=O) groups excluding carboxylic acids is 2. The molecule has 0 unspecified atom stereocenters. The molecule has 0 bridgehead atoms. The van der Waals surface area contributed by atoms with Gasteiger partial charge in [-0.15, -0.1) is 0 Å². The number of amides is 2. The van der Waals surface area contributed by atoms with Crippen LogP contribution in [0.1, 0.15) is 30.9 Å². The number of hydrogen-bond donors (Lipinski definition) is 3. The van der Waals surface area contributed by atoms with Crippen molar-refractivity contribution in [3.8, 4) is 0 Å². The first kappa shape index (κ1) is 33.5. The van der Waals surface area contributed by atoms with Gasteiger partial charge in [-0.1, -0.05) is 12.1 Å². The fraction of sp³-hybridized carbons (Fsp3) is 0.481. The number of sulfonamides is 1. The van der Waals surface area contributed by atoms with Crippen LogP contribution in [0.5, 0.6) is 0 Å². The highest BCUT2D eigenvalue weighted by molar-refractivity contribution is 7.92. The Hall–Kier alpha value is -3.44. The topological polar surface area (TPSA) is 127 Å². The van der Waals surface area contributed by atoms with E-state index < -0.39 is 74.6 Å². The number of anilines is 1. The smallest absolute Gasteiger partial charge is 0.396 e. The van der Waals surface area contributed by atoms with E-state index in [1.807, 2.05) is 0 Å². The SMILES string of the molecule is CC(=O)N1C[C@@H](CO)[C@H](NC(=O)C[C@@H]2CCc3cc(C(O)(C(F)(F)F)C(F)(F)F)ccc3N2S(=O)(=O)c2ccc(F)cc2)C1. The summed E-state index contributed by atoms with van der Waals surface area (Å²) in [5, 5.41) is 22.2. The van der Waals surface area contributed by atoms with E-state index in [0.29, 0.717) is 22.5 Å². The molecule has 9 nitrogen and oxygen atoms in total. The monoisotopic (exact) mass is 655 g/mol. The van der Waals surface area contributed by atoms with Gasteiger partial charge in [-0.2, -0.15) is 26.3 Å². The first-order valence-electron chi connectivity index (χ1n) is 13.3. The van der Waals surface area contributed by atoms with Gasteiger partial charge >= 0.3 is 12.4 Å². The second-order valence-corrected chi connectivity index (χ2v) is 12.6. The second kappa shape index (κ2) is 11.8. The van der Waals surface area contributed by atoms with E-state index >= 15 is 0 Å². The Kier molecular flexibility index (Phi) is 8.98. The molecule has 2 heterocycles. The summed E-state index contributed by atoms with van der Waals surface area (Å²) < 4.78 is 123. The van der Waals surface area contributed by atoms with Crippen molar-refractivity contribution in [1.82, 2.24) is 10.2 Å². The maximum atomic E-state index is 13.8. The van der Waals surface area contributed by atoms with Gasteiger partial charge in [0.15, 0.2) is 0 Å². The zero-order chi connectivity index (χ0) is 32.8. The van der Waals surface area contributed by atoms with Crippen molar-refractivity contribution in [1.29, 1.82) is 0 Å². The van der Waals surface area contributed by atoms with Crippen LogP contribution in [0.2, 0.25) is 0 Å². The van der Waals surface area contributed by atoms with Crippen LogP contribution in [0.25, 0.3) is 0 Å². The van der Waals surface area contributed by atoms with Crippen molar-refractivity contribution in [2.75, 3.05) is 24.0 Å². The molecule has 2 aliphatic rings. The van der Waals surface area contributed by atoms with Crippen LogP contribution < -0.4 is 9.62 Å². The molecule has 2 amide bonds. The molecule has 1 saturated heterocycles. The molecule has 0 aliphatic carbocycles. The highest BCUT2D eigenvalue weighted by Crippen LogP contribution is 2.51. The third kappa shape index (κ3) is 6.08. The van der Waals surface area contributed by atoms with Gasteiger partial charge in [0.05, 0.1) is 22.7 Å². The lowest BCUT2D eigenvalue weighted by Crippen LogP contribution is -2.54. The minimum absolute atomic E-state index is 0.0848. The Morgan fingerprint density at radius 2 is 1.61 bits per heavy atom. The number of carbonyl (C=O) groups is 2. The lowest BCUT2D eigenvalue weighted by molar-refractivity contribution is -0.376. The Bertz CT molecular complexity index is 1500. The molecule has 4 rings (SSSR count). The van der Waals surface area contributed by atoms with E-state index in [4.69, 9.17) is 0 Å². The third-order valence-corrected chi connectivity index (χ3v) is 9.77. The molecule has 2 aromatic rings. The number of aliphatic hydroxyl groups excluding tert-OH is 1. The van der Waals surface area contributed by atoms with Crippen molar-refractivity contribution in [2.24, 2.45) is 5.92 Å². The Morgan fingerprint density at radius 1 is 1.00 bits per heavy atom. The molecule has 2 aromatic carbocycles. The van der Waals surface area contributed by atoms with Gasteiger partial charge in [-0.25, -0.2) is 12.8 Å². The van der Waals surface area contributed by atoms with Crippen LogP contribution in [-0.2, 0) is 31.6 Å². The number of nitrogens with zero attached hydrogens (tertiary/aromatic N) is 2. The van der Waals surface area contributed by atoms with Crippen molar-refractivity contribution in [3.63, 3.8) is 0 Å². The van der Waals surface area contributed by atoms with E-state index in [-0.39, 0.29) is 49.7 Å². The molecule has 3 N–H and O–H groups in total. The fourth-order valence-electron chi connectivity index (χ4n) is 5.54.